The Bertz CT molecular complexity index is 377. The van der Waals surface area contributed by atoms with Gasteiger partial charge in [-0.05, 0) is 0 Å². The summed E-state index contributed by atoms with van der Waals surface area (Å²) in [6, 6.07) is 0. The van der Waals surface area contributed by atoms with Gasteiger partial charge in [0.15, 0.2) is 11.8 Å². The van der Waals surface area contributed by atoms with Crippen LogP contribution in [0.5, 0.6) is 0 Å². The van der Waals surface area contributed by atoms with Crippen LogP contribution in [0.3, 0.4) is 0 Å². The lowest BCUT2D eigenvalue weighted by molar-refractivity contribution is 0.0126. The Morgan fingerprint density at radius 2 is 2.43 bits per heavy atom. The van der Waals surface area contributed by atoms with Gasteiger partial charge in [0.1, 0.15) is 0 Å². The Morgan fingerprint density at radius 3 is 2.86 bits per heavy atom. The van der Waals surface area contributed by atoms with Crippen molar-refractivity contribution in [2.24, 2.45) is 7.05 Å². The molecule has 0 N–H and O–H groups in total. The standard InChI is InChI=1S/C7H7F2N3O2/c1-12-4(3-10-11-12)6(13)14-5-2-7(5,8)9/h3,5H,2H2,1H3. The number of halogens is 2. The summed E-state index contributed by atoms with van der Waals surface area (Å²) in [5, 5.41) is 6.91. The molecule has 2 rings (SSSR count). The van der Waals surface area contributed by atoms with Crippen molar-refractivity contribution in [2.45, 2.75) is 18.4 Å². The predicted octanol–water partition coefficient (Wildman–Crippen LogP) is 0.379. The molecule has 1 aromatic heterocycles. The molecule has 0 radical (unpaired) electrons. The van der Waals surface area contributed by atoms with E-state index in [2.05, 4.69) is 15.0 Å². The number of aromatic nitrogens is 3. The van der Waals surface area contributed by atoms with Crippen LogP contribution in [0.1, 0.15) is 16.9 Å². The van der Waals surface area contributed by atoms with E-state index in [1.54, 1.807) is 0 Å². The summed E-state index contributed by atoms with van der Waals surface area (Å²) >= 11 is 0. The van der Waals surface area contributed by atoms with Crippen LogP contribution in [0, 0.1) is 0 Å². The lowest BCUT2D eigenvalue weighted by Gasteiger charge is -2.01. The lowest BCUT2D eigenvalue weighted by atomic mass is 10.5. The van der Waals surface area contributed by atoms with Gasteiger partial charge >= 0.3 is 5.97 Å². The lowest BCUT2D eigenvalue weighted by Crippen LogP contribution is -2.15. The molecule has 0 spiro atoms. The van der Waals surface area contributed by atoms with Gasteiger partial charge in [-0.25, -0.2) is 18.3 Å². The first-order chi connectivity index (χ1) is 6.50. The van der Waals surface area contributed by atoms with E-state index in [4.69, 9.17) is 0 Å². The Hall–Kier alpha value is -1.53. The van der Waals surface area contributed by atoms with Crippen LogP contribution in [0.4, 0.5) is 8.78 Å². The van der Waals surface area contributed by atoms with E-state index in [-0.39, 0.29) is 5.69 Å². The van der Waals surface area contributed by atoms with Gasteiger partial charge in [0.2, 0.25) is 0 Å². The molecular formula is C7H7F2N3O2. The van der Waals surface area contributed by atoms with Crippen LogP contribution in [0.15, 0.2) is 6.20 Å². The number of carbonyl (C=O) groups is 1. The summed E-state index contributed by atoms with van der Waals surface area (Å²) < 4.78 is 30.4. The number of aryl methyl sites for hydroxylation is 1. The number of hydrogen-bond acceptors (Lipinski definition) is 4. The van der Waals surface area contributed by atoms with Crippen molar-refractivity contribution in [3.05, 3.63) is 11.9 Å². The molecule has 0 amide bonds. The van der Waals surface area contributed by atoms with Gasteiger partial charge in [0.25, 0.3) is 5.92 Å². The molecule has 0 aromatic carbocycles. The van der Waals surface area contributed by atoms with Gasteiger partial charge in [-0.1, -0.05) is 5.21 Å². The average molecular weight is 203 g/mol. The van der Waals surface area contributed by atoms with E-state index in [1.807, 2.05) is 0 Å². The number of ether oxygens (including phenoxy) is 1. The van der Waals surface area contributed by atoms with E-state index in [9.17, 15) is 13.6 Å². The molecule has 14 heavy (non-hydrogen) atoms. The van der Waals surface area contributed by atoms with Gasteiger partial charge in [0.05, 0.1) is 12.6 Å². The summed E-state index contributed by atoms with van der Waals surface area (Å²) in [5.74, 6) is -3.68. The number of carbonyl (C=O) groups excluding carboxylic acids is 1. The van der Waals surface area contributed by atoms with E-state index in [1.165, 1.54) is 17.9 Å². The van der Waals surface area contributed by atoms with E-state index < -0.39 is 24.4 Å². The molecule has 0 aliphatic heterocycles. The number of nitrogens with zero attached hydrogens (tertiary/aromatic N) is 3. The maximum Gasteiger partial charge on any atom is 0.358 e. The normalized spacial score (nSPS) is 23.2. The Kier molecular flexibility index (Phi) is 1.76. The number of esters is 1. The molecular weight excluding hydrogens is 196 g/mol. The van der Waals surface area contributed by atoms with Crippen molar-refractivity contribution in [2.75, 3.05) is 0 Å². The van der Waals surface area contributed by atoms with Gasteiger partial charge in [-0.3, -0.25) is 0 Å². The Labute approximate surface area is 77.7 Å². The molecule has 1 fully saturated rings. The highest BCUT2D eigenvalue weighted by Crippen LogP contribution is 2.44. The highest BCUT2D eigenvalue weighted by molar-refractivity contribution is 5.87. The Balaban J connectivity index is 2.01. The molecule has 1 heterocycles. The van der Waals surface area contributed by atoms with Crippen LogP contribution in [0.25, 0.3) is 0 Å². The second-order valence-corrected chi connectivity index (χ2v) is 3.10. The molecule has 1 unspecified atom stereocenters. The van der Waals surface area contributed by atoms with Crippen molar-refractivity contribution in [1.82, 2.24) is 15.0 Å². The minimum absolute atomic E-state index is 0.0627. The van der Waals surface area contributed by atoms with E-state index >= 15 is 0 Å². The molecule has 1 aromatic rings. The second-order valence-electron chi connectivity index (χ2n) is 3.10. The van der Waals surface area contributed by atoms with Gasteiger partial charge in [0, 0.05) is 7.05 Å². The Morgan fingerprint density at radius 1 is 1.79 bits per heavy atom. The van der Waals surface area contributed by atoms with Crippen LogP contribution < -0.4 is 0 Å². The smallest absolute Gasteiger partial charge is 0.358 e. The van der Waals surface area contributed by atoms with Crippen molar-refractivity contribution in [3.63, 3.8) is 0 Å². The predicted molar refractivity (Wildman–Crippen MR) is 39.8 cm³/mol. The fraction of sp³-hybridized carbons (Fsp3) is 0.571. The highest BCUT2D eigenvalue weighted by Gasteiger charge is 2.60. The summed E-state index contributed by atoms with van der Waals surface area (Å²) in [5.41, 5.74) is 0.0627. The van der Waals surface area contributed by atoms with Crippen LogP contribution >= 0.6 is 0 Å². The fourth-order valence-electron chi connectivity index (χ4n) is 0.980. The molecule has 0 saturated heterocycles. The number of alkyl halides is 2. The topological polar surface area (TPSA) is 57.0 Å². The molecule has 76 valence electrons. The van der Waals surface area contributed by atoms with Gasteiger partial charge in [-0.15, -0.1) is 5.10 Å². The fourth-order valence-corrected chi connectivity index (χ4v) is 0.980. The highest BCUT2D eigenvalue weighted by atomic mass is 19.3. The largest absolute Gasteiger partial charge is 0.451 e. The summed E-state index contributed by atoms with van der Waals surface area (Å²) in [6.07, 6.45) is -0.516. The van der Waals surface area contributed by atoms with Gasteiger partial charge in [-0.2, -0.15) is 0 Å². The van der Waals surface area contributed by atoms with Crippen molar-refractivity contribution in [1.29, 1.82) is 0 Å². The first-order valence-corrected chi connectivity index (χ1v) is 3.94. The molecule has 1 aliphatic carbocycles. The molecule has 1 saturated carbocycles. The molecule has 1 aliphatic rings. The first kappa shape index (κ1) is 9.04. The number of rotatable bonds is 2. The van der Waals surface area contributed by atoms with Crippen LogP contribution in [-0.2, 0) is 11.8 Å². The van der Waals surface area contributed by atoms with Crippen molar-refractivity contribution < 1.29 is 18.3 Å². The summed E-state index contributed by atoms with van der Waals surface area (Å²) in [7, 11) is 1.48. The van der Waals surface area contributed by atoms with E-state index in [0.29, 0.717) is 0 Å². The zero-order valence-electron chi connectivity index (χ0n) is 7.28. The third-order valence-corrected chi connectivity index (χ3v) is 1.94. The monoisotopic (exact) mass is 203 g/mol. The zero-order chi connectivity index (χ0) is 10.3. The molecule has 1 atom stereocenters. The third-order valence-electron chi connectivity index (χ3n) is 1.94. The SMILES string of the molecule is Cn1nncc1C(=O)OC1CC1(F)F. The number of hydrogen-bond donors (Lipinski definition) is 0. The molecule has 0 bridgehead atoms. The summed E-state index contributed by atoms with van der Waals surface area (Å²) in [4.78, 5) is 11.2. The van der Waals surface area contributed by atoms with Crippen molar-refractivity contribution in [3.8, 4) is 0 Å². The molecule has 7 heteroatoms. The van der Waals surface area contributed by atoms with Crippen molar-refractivity contribution >= 4 is 5.97 Å². The van der Waals surface area contributed by atoms with Crippen LogP contribution in [-0.4, -0.2) is 33.0 Å². The third kappa shape index (κ3) is 1.45. The second kappa shape index (κ2) is 2.73. The summed E-state index contributed by atoms with van der Waals surface area (Å²) in [6.45, 7) is 0. The van der Waals surface area contributed by atoms with Gasteiger partial charge < -0.3 is 4.74 Å². The maximum atomic E-state index is 12.4. The maximum absolute atomic E-state index is 12.4. The van der Waals surface area contributed by atoms with Crippen LogP contribution in [0.2, 0.25) is 0 Å². The molecule has 5 nitrogen and oxygen atoms in total. The minimum atomic E-state index is -2.86. The average Bonchev–Trinajstić information content (AvgIpc) is 2.53. The first-order valence-electron chi connectivity index (χ1n) is 3.94. The van der Waals surface area contributed by atoms with E-state index in [0.717, 1.165) is 0 Å². The minimum Gasteiger partial charge on any atom is -0.451 e. The quantitative estimate of drug-likeness (QED) is 0.652. The zero-order valence-corrected chi connectivity index (χ0v) is 7.28.